The second kappa shape index (κ2) is 6.24. The zero-order chi connectivity index (χ0) is 14.5. The normalized spacial score (nSPS) is 10.2. The van der Waals surface area contributed by atoms with Crippen LogP contribution in [0.3, 0.4) is 0 Å². The molecule has 104 valence electrons. The van der Waals surface area contributed by atoms with E-state index >= 15 is 0 Å². The maximum Gasteiger partial charge on any atom is 0.228 e. The van der Waals surface area contributed by atoms with Gasteiger partial charge >= 0.3 is 0 Å². The summed E-state index contributed by atoms with van der Waals surface area (Å²) in [4.78, 5) is 12.1. The second-order valence-corrected chi connectivity index (χ2v) is 4.84. The zero-order valence-corrected chi connectivity index (χ0v) is 12.1. The fourth-order valence-corrected chi connectivity index (χ4v) is 2.12. The molecule has 0 spiro atoms. The van der Waals surface area contributed by atoms with Gasteiger partial charge in [0.1, 0.15) is 5.75 Å². The smallest absolute Gasteiger partial charge is 0.228 e. The molecule has 0 heterocycles. The van der Waals surface area contributed by atoms with E-state index in [1.807, 2.05) is 56.3 Å². The van der Waals surface area contributed by atoms with Gasteiger partial charge < -0.3 is 10.1 Å². The van der Waals surface area contributed by atoms with Crippen molar-refractivity contribution in [2.24, 2.45) is 0 Å². The molecule has 0 aliphatic rings. The van der Waals surface area contributed by atoms with Crippen LogP contribution in [-0.4, -0.2) is 13.0 Å². The first-order chi connectivity index (χ1) is 9.60. The predicted octanol–water partition coefficient (Wildman–Crippen LogP) is 3.49. The Morgan fingerprint density at radius 3 is 2.20 bits per heavy atom. The van der Waals surface area contributed by atoms with Crippen molar-refractivity contribution >= 4 is 11.6 Å². The first kappa shape index (κ1) is 14.1. The van der Waals surface area contributed by atoms with Gasteiger partial charge in [-0.3, -0.25) is 4.79 Å². The minimum atomic E-state index is -0.00688. The van der Waals surface area contributed by atoms with E-state index in [4.69, 9.17) is 4.74 Å². The molecule has 0 radical (unpaired) electrons. The number of methoxy groups -OCH3 is 1. The molecule has 1 N–H and O–H groups in total. The summed E-state index contributed by atoms with van der Waals surface area (Å²) in [6.07, 6.45) is 0.359. The number of carbonyl (C=O) groups is 1. The standard InChI is InChI=1S/C17H19NO2/c1-12-5-4-6-13(2)17(12)18-16(19)11-14-7-9-15(20-3)10-8-14/h4-10H,11H2,1-3H3,(H,18,19). The Bertz CT molecular complexity index is 583. The van der Waals surface area contributed by atoms with Crippen LogP contribution in [0.15, 0.2) is 42.5 Å². The average Bonchev–Trinajstić information content (AvgIpc) is 2.44. The Kier molecular flexibility index (Phi) is 4.41. The van der Waals surface area contributed by atoms with Gasteiger partial charge in [-0.15, -0.1) is 0 Å². The Hall–Kier alpha value is -2.29. The zero-order valence-electron chi connectivity index (χ0n) is 12.1. The van der Waals surface area contributed by atoms with Crippen LogP contribution in [0, 0.1) is 13.8 Å². The number of para-hydroxylation sites is 1. The van der Waals surface area contributed by atoms with E-state index in [9.17, 15) is 4.79 Å². The number of aryl methyl sites for hydroxylation is 2. The van der Waals surface area contributed by atoms with Crippen molar-refractivity contribution in [3.63, 3.8) is 0 Å². The molecule has 3 nitrogen and oxygen atoms in total. The van der Waals surface area contributed by atoms with E-state index in [0.29, 0.717) is 6.42 Å². The number of rotatable bonds is 4. The number of hydrogen-bond acceptors (Lipinski definition) is 2. The van der Waals surface area contributed by atoms with Crippen molar-refractivity contribution in [1.29, 1.82) is 0 Å². The topological polar surface area (TPSA) is 38.3 Å². The number of carbonyl (C=O) groups excluding carboxylic acids is 1. The van der Waals surface area contributed by atoms with Gasteiger partial charge in [-0.05, 0) is 42.7 Å². The molecule has 0 saturated carbocycles. The third-order valence-corrected chi connectivity index (χ3v) is 3.27. The van der Waals surface area contributed by atoms with Crippen LogP contribution in [0.2, 0.25) is 0 Å². The molecule has 2 aromatic carbocycles. The van der Waals surface area contributed by atoms with Crippen LogP contribution < -0.4 is 10.1 Å². The molecule has 0 aliphatic heterocycles. The van der Waals surface area contributed by atoms with Gasteiger partial charge in [0.2, 0.25) is 5.91 Å². The van der Waals surface area contributed by atoms with Crippen LogP contribution in [-0.2, 0) is 11.2 Å². The highest BCUT2D eigenvalue weighted by Crippen LogP contribution is 2.20. The molecule has 0 fully saturated rings. The Morgan fingerprint density at radius 1 is 1.05 bits per heavy atom. The number of amides is 1. The van der Waals surface area contributed by atoms with E-state index in [2.05, 4.69) is 5.32 Å². The lowest BCUT2D eigenvalue weighted by molar-refractivity contribution is -0.115. The van der Waals surface area contributed by atoms with Crippen molar-refractivity contribution in [1.82, 2.24) is 0 Å². The third kappa shape index (κ3) is 3.38. The first-order valence-corrected chi connectivity index (χ1v) is 6.59. The minimum absolute atomic E-state index is 0.00688. The highest BCUT2D eigenvalue weighted by molar-refractivity contribution is 5.93. The third-order valence-electron chi connectivity index (χ3n) is 3.27. The molecule has 0 aromatic heterocycles. The second-order valence-electron chi connectivity index (χ2n) is 4.84. The summed E-state index contributed by atoms with van der Waals surface area (Å²) in [5, 5.41) is 2.99. The molecule has 0 saturated heterocycles. The van der Waals surface area contributed by atoms with Gasteiger partial charge in [0.25, 0.3) is 0 Å². The molecule has 0 aliphatic carbocycles. The number of anilines is 1. The minimum Gasteiger partial charge on any atom is -0.497 e. The highest BCUT2D eigenvalue weighted by atomic mass is 16.5. The summed E-state index contributed by atoms with van der Waals surface area (Å²) in [6.45, 7) is 3.99. The SMILES string of the molecule is COc1ccc(CC(=O)Nc2c(C)cccc2C)cc1. The molecular weight excluding hydrogens is 250 g/mol. The molecule has 20 heavy (non-hydrogen) atoms. The fourth-order valence-electron chi connectivity index (χ4n) is 2.12. The van der Waals surface area contributed by atoms with Crippen molar-refractivity contribution < 1.29 is 9.53 Å². The monoisotopic (exact) mass is 269 g/mol. The first-order valence-electron chi connectivity index (χ1n) is 6.59. The van der Waals surface area contributed by atoms with Gasteiger partial charge in [-0.25, -0.2) is 0 Å². The quantitative estimate of drug-likeness (QED) is 0.922. The predicted molar refractivity (Wildman–Crippen MR) is 81.2 cm³/mol. The molecule has 2 rings (SSSR count). The van der Waals surface area contributed by atoms with Gasteiger partial charge in [-0.1, -0.05) is 30.3 Å². The summed E-state index contributed by atoms with van der Waals surface area (Å²) in [5.41, 5.74) is 4.03. The molecule has 2 aromatic rings. The van der Waals surface area contributed by atoms with Gasteiger partial charge in [0, 0.05) is 5.69 Å². The van der Waals surface area contributed by atoms with Gasteiger partial charge in [0.05, 0.1) is 13.5 Å². The lowest BCUT2D eigenvalue weighted by Crippen LogP contribution is -2.16. The Balaban J connectivity index is 2.05. The van der Waals surface area contributed by atoms with E-state index in [0.717, 1.165) is 28.1 Å². The van der Waals surface area contributed by atoms with Crippen molar-refractivity contribution in [2.75, 3.05) is 12.4 Å². The highest BCUT2D eigenvalue weighted by Gasteiger charge is 2.08. The van der Waals surface area contributed by atoms with Crippen LogP contribution >= 0.6 is 0 Å². The molecule has 0 atom stereocenters. The van der Waals surface area contributed by atoms with Crippen molar-refractivity contribution in [3.8, 4) is 5.75 Å². The Morgan fingerprint density at radius 2 is 1.65 bits per heavy atom. The van der Waals surface area contributed by atoms with E-state index in [-0.39, 0.29) is 5.91 Å². The molecule has 3 heteroatoms. The fraction of sp³-hybridized carbons (Fsp3) is 0.235. The lowest BCUT2D eigenvalue weighted by atomic mass is 10.1. The van der Waals surface area contributed by atoms with Gasteiger partial charge in [-0.2, -0.15) is 0 Å². The summed E-state index contributed by atoms with van der Waals surface area (Å²) in [6, 6.07) is 13.5. The van der Waals surface area contributed by atoms with E-state index in [1.165, 1.54) is 0 Å². The maximum atomic E-state index is 12.1. The number of ether oxygens (including phenoxy) is 1. The maximum absolute atomic E-state index is 12.1. The van der Waals surface area contributed by atoms with Crippen molar-refractivity contribution in [3.05, 3.63) is 59.2 Å². The summed E-state index contributed by atoms with van der Waals surface area (Å²) < 4.78 is 5.10. The van der Waals surface area contributed by atoms with E-state index in [1.54, 1.807) is 7.11 Å². The van der Waals surface area contributed by atoms with E-state index < -0.39 is 0 Å². The molecule has 0 unspecified atom stereocenters. The van der Waals surface area contributed by atoms with Crippen LogP contribution in [0.5, 0.6) is 5.75 Å². The average molecular weight is 269 g/mol. The summed E-state index contributed by atoms with van der Waals surface area (Å²) in [7, 11) is 1.63. The van der Waals surface area contributed by atoms with Crippen LogP contribution in [0.1, 0.15) is 16.7 Å². The number of hydrogen-bond donors (Lipinski definition) is 1. The van der Waals surface area contributed by atoms with Gasteiger partial charge in [0.15, 0.2) is 0 Å². The van der Waals surface area contributed by atoms with Crippen molar-refractivity contribution in [2.45, 2.75) is 20.3 Å². The Labute approximate surface area is 119 Å². The van der Waals surface area contributed by atoms with Crippen LogP contribution in [0.4, 0.5) is 5.69 Å². The number of benzene rings is 2. The molecular formula is C17H19NO2. The van der Waals surface area contributed by atoms with Crippen LogP contribution in [0.25, 0.3) is 0 Å². The largest absolute Gasteiger partial charge is 0.497 e. The summed E-state index contributed by atoms with van der Waals surface area (Å²) >= 11 is 0. The number of nitrogens with one attached hydrogen (secondary N) is 1. The molecule has 1 amide bonds. The molecule has 0 bridgehead atoms. The summed E-state index contributed by atoms with van der Waals surface area (Å²) in [5.74, 6) is 0.788. The lowest BCUT2D eigenvalue weighted by Gasteiger charge is -2.11.